The van der Waals surface area contributed by atoms with Gasteiger partial charge in [0.2, 0.25) is 0 Å². The smallest absolute Gasteiger partial charge is 0.339 e. The molecule has 0 radical (unpaired) electrons. The summed E-state index contributed by atoms with van der Waals surface area (Å²) in [4.78, 5) is 22.7. The van der Waals surface area contributed by atoms with E-state index < -0.39 is 18.0 Å². The van der Waals surface area contributed by atoms with Gasteiger partial charge in [-0.1, -0.05) is 34.6 Å². The first-order valence-corrected chi connectivity index (χ1v) is 6.37. The lowest BCUT2D eigenvalue weighted by molar-refractivity contribution is -0.147. The quantitative estimate of drug-likeness (QED) is 0.631. The zero-order valence-electron chi connectivity index (χ0n) is 9.97. The molecule has 0 saturated heterocycles. The summed E-state index contributed by atoms with van der Waals surface area (Å²) in [5.41, 5.74) is 1.23. The summed E-state index contributed by atoms with van der Waals surface area (Å²) < 4.78 is 10.8. The van der Waals surface area contributed by atoms with Crippen molar-refractivity contribution in [2.75, 3.05) is 6.61 Å². The van der Waals surface area contributed by atoms with Crippen LogP contribution in [0.1, 0.15) is 5.56 Å². The number of cyclic esters (lactones) is 1. The Morgan fingerprint density at radius 3 is 3.00 bits per heavy atom. The first-order chi connectivity index (χ1) is 9.10. The van der Waals surface area contributed by atoms with Crippen molar-refractivity contribution in [2.45, 2.75) is 6.10 Å². The van der Waals surface area contributed by atoms with Crippen LogP contribution in [-0.4, -0.2) is 24.6 Å². The average Bonchev–Trinajstić information content (AvgIpc) is 2.77. The zero-order valence-corrected chi connectivity index (χ0v) is 11.6. The molecule has 1 unspecified atom stereocenters. The number of benzene rings is 1. The number of hydrogen-bond acceptors (Lipinski definition) is 4. The van der Waals surface area contributed by atoms with Crippen molar-refractivity contribution < 1.29 is 19.1 Å². The Balaban J connectivity index is 2.11. The van der Waals surface area contributed by atoms with Crippen LogP contribution < -0.4 is 0 Å². The lowest BCUT2D eigenvalue weighted by Gasteiger charge is -2.07. The van der Waals surface area contributed by atoms with E-state index in [1.807, 2.05) is 24.3 Å². The molecule has 1 atom stereocenters. The molecule has 0 bridgehead atoms. The van der Waals surface area contributed by atoms with Crippen LogP contribution in [0.15, 0.2) is 47.5 Å². The average molecular weight is 323 g/mol. The number of carbonyl (C=O) groups excluding carboxylic acids is 2. The van der Waals surface area contributed by atoms with Crippen molar-refractivity contribution in [2.24, 2.45) is 0 Å². The second kappa shape index (κ2) is 5.84. The topological polar surface area (TPSA) is 52.6 Å². The van der Waals surface area contributed by atoms with Crippen LogP contribution in [0.4, 0.5) is 0 Å². The molecule has 0 N–H and O–H groups in total. The molecule has 98 valence electrons. The van der Waals surface area contributed by atoms with Crippen molar-refractivity contribution in [1.82, 2.24) is 0 Å². The van der Waals surface area contributed by atoms with Gasteiger partial charge in [0.15, 0.2) is 6.10 Å². The summed E-state index contributed by atoms with van der Waals surface area (Å²) in [6.45, 7) is 3.28. The van der Waals surface area contributed by atoms with E-state index in [1.165, 1.54) is 0 Å². The van der Waals surface area contributed by atoms with Crippen LogP contribution >= 0.6 is 15.9 Å². The maximum atomic E-state index is 11.7. The molecule has 19 heavy (non-hydrogen) atoms. The molecule has 4 nitrogen and oxygen atoms in total. The monoisotopic (exact) mass is 322 g/mol. The minimum atomic E-state index is -0.551. The maximum absolute atomic E-state index is 11.7. The number of rotatable bonds is 4. The molecule has 5 heteroatoms. The predicted octanol–water partition coefficient (Wildman–Crippen LogP) is 2.49. The molecule has 2 rings (SSSR count). The van der Waals surface area contributed by atoms with Gasteiger partial charge in [-0.15, -0.1) is 0 Å². The van der Waals surface area contributed by atoms with E-state index in [2.05, 4.69) is 22.5 Å². The number of ether oxygens (including phenoxy) is 2. The van der Waals surface area contributed by atoms with Gasteiger partial charge in [0.25, 0.3) is 0 Å². The van der Waals surface area contributed by atoms with Crippen molar-refractivity contribution >= 4 is 33.4 Å². The molecule has 0 spiro atoms. The molecular weight excluding hydrogens is 312 g/mol. The Morgan fingerprint density at radius 1 is 1.53 bits per heavy atom. The number of halogens is 1. The Morgan fingerprint density at radius 2 is 2.32 bits per heavy atom. The summed E-state index contributed by atoms with van der Waals surface area (Å²) in [6, 6.07) is 7.34. The van der Waals surface area contributed by atoms with Gasteiger partial charge in [-0.3, -0.25) is 0 Å². The van der Waals surface area contributed by atoms with Gasteiger partial charge >= 0.3 is 11.9 Å². The number of carbonyl (C=O) groups is 2. The second-order valence-electron chi connectivity index (χ2n) is 3.87. The third-order valence-corrected chi connectivity index (χ3v) is 3.02. The Hall–Kier alpha value is -1.88. The largest absolute Gasteiger partial charge is 0.458 e. The van der Waals surface area contributed by atoms with Crippen LogP contribution in [0, 0.1) is 0 Å². The van der Waals surface area contributed by atoms with Crippen molar-refractivity contribution in [3.8, 4) is 0 Å². The third kappa shape index (κ3) is 3.32. The van der Waals surface area contributed by atoms with Gasteiger partial charge in [-0.05, 0) is 23.8 Å². The fourth-order valence-corrected chi connectivity index (χ4v) is 2.06. The van der Waals surface area contributed by atoms with E-state index in [0.717, 1.165) is 16.1 Å². The Kier molecular flexibility index (Phi) is 4.16. The summed E-state index contributed by atoms with van der Waals surface area (Å²) in [7, 11) is 0. The SMILES string of the molecule is C=CC(=O)OCC1C=C(c2cccc(Br)c2)C(=O)O1. The Bertz CT molecular complexity index is 562. The van der Waals surface area contributed by atoms with E-state index in [0.29, 0.717) is 5.57 Å². The van der Waals surface area contributed by atoms with E-state index >= 15 is 0 Å². The van der Waals surface area contributed by atoms with Crippen LogP contribution in [0.2, 0.25) is 0 Å². The molecule has 1 aromatic rings. The van der Waals surface area contributed by atoms with Crippen LogP contribution in [0.5, 0.6) is 0 Å². The first-order valence-electron chi connectivity index (χ1n) is 5.58. The minimum Gasteiger partial charge on any atom is -0.458 e. The van der Waals surface area contributed by atoms with Gasteiger partial charge in [0, 0.05) is 10.5 Å². The molecule has 1 heterocycles. The van der Waals surface area contributed by atoms with Crippen LogP contribution in [-0.2, 0) is 19.1 Å². The predicted molar refractivity (Wildman–Crippen MR) is 73.2 cm³/mol. The minimum absolute atomic E-state index is 0.00586. The van der Waals surface area contributed by atoms with E-state index in [9.17, 15) is 9.59 Å². The molecule has 0 aliphatic carbocycles. The summed E-state index contributed by atoms with van der Waals surface area (Å²) in [6.07, 6.45) is 2.17. The van der Waals surface area contributed by atoms with Crippen LogP contribution in [0.3, 0.4) is 0 Å². The van der Waals surface area contributed by atoms with E-state index in [-0.39, 0.29) is 6.61 Å². The number of hydrogen-bond donors (Lipinski definition) is 0. The molecule has 1 aliphatic heterocycles. The van der Waals surface area contributed by atoms with Crippen molar-refractivity contribution in [3.63, 3.8) is 0 Å². The fraction of sp³-hybridized carbons (Fsp3) is 0.143. The van der Waals surface area contributed by atoms with E-state index in [4.69, 9.17) is 9.47 Å². The van der Waals surface area contributed by atoms with Crippen molar-refractivity contribution in [1.29, 1.82) is 0 Å². The molecule has 0 saturated carbocycles. The molecule has 1 aliphatic rings. The lowest BCUT2D eigenvalue weighted by atomic mass is 10.1. The van der Waals surface area contributed by atoms with Gasteiger partial charge < -0.3 is 9.47 Å². The fourth-order valence-electron chi connectivity index (χ4n) is 1.66. The van der Waals surface area contributed by atoms with Crippen molar-refractivity contribution in [3.05, 3.63) is 53.0 Å². The normalized spacial score (nSPS) is 17.6. The summed E-state index contributed by atoms with van der Waals surface area (Å²) in [5.74, 6) is -0.960. The van der Waals surface area contributed by atoms with Gasteiger partial charge in [-0.2, -0.15) is 0 Å². The van der Waals surface area contributed by atoms with Gasteiger partial charge in [0.05, 0.1) is 5.57 Å². The standard InChI is InChI=1S/C14H11BrO4/c1-2-13(16)18-8-11-7-12(14(17)19-11)9-4-3-5-10(15)6-9/h2-7,11H,1,8H2. The van der Waals surface area contributed by atoms with Gasteiger partial charge in [0.1, 0.15) is 6.61 Å². The highest BCUT2D eigenvalue weighted by atomic mass is 79.9. The van der Waals surface area contributed by atoms with E-state index in [1.54, 1.807) is 6.08 Å². The molecule has 0 aromatic heterocycles. The molecular formula is C14H11BrO4. The van der Waals surface area contributed by atoms with Crippen LogP contribution in [0.25, 0.3) is 5.57 Å². The Labute approximate surface area is 118 Å². The summed E-state index contributed by atoms with van der Waals surface area (Å²) in [5, 5.41) is 0. The van der Waals surface area contributed by atoms with Gasteiger partial charge in [-0.25, -0.2) is 9.59 Å². The third-order valence-electron chi connectivity index (χ3n) is 2.52. The number of esters is 2. The molecule has 1 aromatic carbocycles. The second-order valence-corrected chi connectivity index (χ2v) is 4.78. The maximum Gasteiger partial charge on any atom is 0.339 e. The zero-order chi connectivity index (χ0) is 13.8. The summed E-state index contributed by atoms with van der Waals surface area (Å²) >= 11 is 3.34. The highest BCUT2D eigenvalue weighted by molar-refractivity contribution is 9.10. The molecule has 0 fully saturated rings. The first kappa shape index (κ1) is 13.5. The highest BCUT2D eigenvalue weighted by Crippen LogP contribution is 2.26. The lowest BCUT2D eigenvalue weighted by Crippen LogP contribution is -2.17. The molecule has 0 amide bonds. The highest BCUT2D eigenvalue weighted by Gasteiger charge is 2.27.